The van der Waals surface area contributed by atoms with Gasteiger partial charge in [0.1, 0.15) is 5.78 Å². The fraction of sp³-hybridized carbons (Fsp3) is 0.941. The quantitative estimate of drug-likeness (QED) is 0.639. The number of rotatable bonds is 9. The van der Waals surface area contributed by atoms with E-state index in [4.69, 9.17) is 0 Å². The summed E-state index contributed by atoms with van der Waals surface area (Å²) in [4.78, 5) is 11.4. The van der Waals surface area contributed by atoms with Crippen molar-refractivity contribution in [3.8, 4) is 0 Å². The largest absolute Gasteiger partial charge is 0.393 e. The molecule has 0 aromatic rings. The fourth-order valence-corrected chi connectivity index (χ4v) is 3.91. The minimum Gasteiger partial charge on any atom is -0.393 e. The summed E-state index contributed by atoms with van der Waals surface area (Å²) in [5.41, 5.74) is 0. The van der Waals surface area contributed by atoms with Crippen molar-refractivity contribution >= 4 is 5.78 Å². The average molecular weight is 282 g/mol. The lowest BCUT2D eigenvalue weighted by Gasteiger charge is -2.30. The van der Waals surface area contributed by atoms with Crippen LogP contribution >= 0.6 is 0 Å². The summed E-state index contributed by atoms with van der Waals surface area (Å²) in [5, 5.41) is 20.2. The Morgan fingerprint density at radius 1 is 1.20 bits per heavy atom. The minimum atomic E-state index is -0.297. The van der Waals surface area contributed by atoms with Gasteiger partial charge in [-0.25, -0.2) is 0 Å². The second-order valence-corrected chi connectivity index (χ2v) is 6.86. The Labute approximate surface area is 122 Å². The molecule has 2 aliphatic rings. The van der Waals surface area contributed by atoms with E-state index in [1.165, 1.54) is 25.7 Å². The van der Waals surface area contributed by atoms with Gasteiger partial charge in [-0.1, -0.05) is 39.0 Å². The van der Waals surface area contributed by atoms with Gasteiger partial charge in [0.25, 0.3) is 0 Å². The molecule has 0 amide bonds. The number of aliphatic hydroxyl groups is 2. The highest BCUT2D eigenvalue weighted by Crippen LogP contribution is 2.48. The van der Waals surface area contributed by atoms with Crippen molar-refractivity contribution in [2.45, 2.75) is 83.3 Å². The molecule has 0 bridgehead atoms. The molecule has 0 aromatic heterocycles. The molecule has 5 atom stereocenters. The zero-order valence-electron chi connectivity index (χ0n) is 12.8. The maximum atomic E-state index is 11.4. The number of hydrogen-bond acceptors (Lipinski definition) is 3. The molecule has 5 unspecified atom stereocenters. The Morgan fingerprint density at radius 2 is 1.95 bits per heavy atom. The van der Waals surface area contributed by atoms with Crippen LogP contribution in [0.4, 0.5) is 0 Å². The Balaban J connectivity index is 1.57. The van der Waals surface area contributed by atoms with E-state index in [1.807, 2.05) is 0 Å². The molecule has 20 heavy (non-hydrogen) atoms. The molecule has 2 saturated carbocycles. The molecule has 0 heterocycles. The average Bonchev–Trinajstić information content (AvgIpc) is 2.68. The van der Waals surface area contributed by atoms with Crippen LogP contribution in [0, 0.1) is 17.8 Å². The van der Waals surface area contributed by atoms with Gasteiger partial charge in [-0.05, 0) is 31.6 Å². The summed E-state index contributed by atoms with van der Waals surface area (Å²) in [7, 11) is 0. The third-order valence-electron chi connectivity index (χ3n) is 5.36. The number of hydrogen-bond donors (Lipinski definition) is 2. The predicted octanol–water partition coefficient (Wildman–Crippen LogP) is 3.07. The van der Waals surface area contributed by atoms with Crippen LogP contribution in [0.2, 0.25) is 0 Å². The van der Waals surface area contributed by atoms with Gasteiger partial charge < -0.3 is 10.2 Å². The van der Waals surface area contributed by atoms with Gasteiger partial charge in [-0.2, -0.15) is 0 Å². The molecular formula is C17H30O3. The highest BCUT2D eigenvalue weighted by molar-refractivity contribution is 5.88. The van der Waals surface area contributed by atoms with Crippen molar-refractivity contribution in [3.05, 3.63) is 0 Å². The van der Waals surface area contributed by atoms with E-state index in [-0.39, 0.29) is 30.0 Å². The van der Waals surface area contributed by atoms with Gasteiger partial charge in [0, 0.05) is 18.3 Å². The monoisotopic (exact) mass is 282 g/mol. The van der Waals surface area contributed by atoms with Crippen LogP contribution in [0.1, 0.15) is 71.1 Å². The lowest BCUT2D eigenvalue weighted by Crippen LogP contribution is -2.38. The fourth-order valence-electron chi connectivity index (χ4n) is 3.91. The predicted molar refractivity (Wildman–Crippen MR) is 79.3 cm³/mol. The highest BCUT2D eigenvalue weighted by Gasteiger charge is 2.52. The van der Waals surface area contributed by atoms with E-state index in [9.17, 15) is 15.0 Å². The number of aliphatic hydroxyl groups excluding tert-OH is 2. The van der Waals surface area contributed by atoms with Gasteiger partial charge in [0.15, 0.2) is 0 Å². The highest BCUT2D eigenvalue weighted by atomic mass is 16.3. The zero-order chi connectivity index (χ0) is 14.5. The van der Waals surface area contributed by atoms with E-state index in [2.05, 4.69) is 6.92 Å². The summed E-state index contributed by atoms with van der Waals surface area (Å²) >= 11 is 0. The first-order valence-corrected chi connectivity index (χ1v) is 8.52. The molecule has 2 aliphatic carbocycles. The zero-order valence-corrected chi connectivity index (χ0v) is 12.8. The molecular weight excluding hydrogens is 252 g/mol. The molecule has 0 aliphatic heterocycles. The smallest absolute Gasteiger partial charge is 0.136 e. The van der Waals surface area contributed by atoms with Crippen LogP contribution in [-0.2, 0) is 4.79 Å². The lowest BCUT2D eigenvalue weighted by atomic mass is 9.74. The minimum absolute atomic E-state index is 0.140. The molecule has 2 rings (SSSR count). The first-order chi connectivity index (χ1) is 9.63. The summed E-state index contributed by atoms with van der Waals surface area (Å²) in [6.07, 6.45) is 9.61. The Bertz CT molecular complexity index is 315. The van der Waals surface area contributed by atoms with E-state index in [0.717, 1.165) is 32.1 Å². The number of Topliss-reactive ketones (excluding diaryl/α,β-unsaturated/α-hetero) is 1. The van der Waals surface area contributed by atoms with Gasteiger partial charge in [0.2, 0.25) is 0 Å². The summed E-state index contributed by atoms with van der Waals surface area (Å²) in [6.45, 7) is 2.21. The standard InChI is InChI=1S/C17H30O3/c1-2-3-4-5-6-7-13(18)9-8-12-10-14-15(17(12)20)11-16(14)19/h12-15,17-18,20H,2-11H2,1H3. The lowest BCUT2D eigenvalue weighted by molar-refractivity contribution is -0.135. The number of ketones is 1. The van der Waals surface area contributed by atoms with Crippen molar-refractivity contribution in [1.29, 1.82) is 0 Å². The topological polar surface area (TPSA) is 57.5 Å². The maximum absolute atomic E-state index is 11.4. The molecule has 2 N–H and O–H groups in total. The summed E-state index contributed by atoms with van der Waals surface area (Å²) < 4.78 is 0. The molecule has 0 spiro atoms. The Kier molecular flexibility index (Phi) is 6.03. The second-order valence-electron chi connectivity index (χ2n) is 6.86. The molecule has 3 heteroatoms. The van der Waals surface area contributed by atoms with Crippen molar-refractivity contribution in [2.24, 2.45) is 17.8 Å². The molecule has 3 nitrogen and oxygen atoms in total. The molecule has 0 radical (unpaired) electrons. The SMILES string of the molecule is CCCCCCCC(O)CCC1CC2C(=O)CC2C1O. The van der Waals surface area contributed by atoms with Crippen LogP contribution in [0.5, 0.6) is 0 Å². The van der Waals surface area contributed by atoms with E-state index in [1.54, 1.807) is 0 Å². The maximum Gasteiger partial charge on any atom is 0.136 e. The number of unbranched alkanes of at least 4 members (excludes halogenated alkanes) is 4. The van der Waals surface area contributed by atoms with Gasteiger partial charge in [0.05, 0.1) is 12.2 Å². The van der Waals surface area contributed by atoms with Gasteiger partial charge in [-0.15, -0.1) is 0 Å². The number of fused-ring (bicyclic) bond motifs is 1. The second kappa shape index (κ2) is 7.56. The Morgan fingerprint density at radius 3 is 2.60 bits per heavy atom. The molecule has 0 aromatic carbocycles. The first kappa shape index (κ1) is 16.0. The molecule has 2 fully saturated rings. The normalized spacial score (nSPS) is 33.9. The van der Waals surface area contributed by atoms with Crippen LogP contribution in [0.3, 0.4) is 0 Å². The molecule has 116 valence electrons. The van der Waals surface area contributed by atoms with Crippen LogP contribution < -0.4 is 0 Å². The van der Waals surface area contributed by atoms with Crippen LogP contribution in [-0.4, -0.2) is 28.2 Å². The molecule has 0 saturated heterocycles. The van der Waals surface area contributed by atoms with Gasteiger partial charge >= 0.3 is 0 Å². The number of carbonyl (C=O) groups is 1. The summed E-state index contributed by atoms with van der Waals surface area (Å²) in [5.74, 6) is 0.957. The van der Waals surface area contributed by atoms with Crippen LogP contribution in [0.15, 0.2) is 0 Å². The van der Waals surface area contributed by atoms with Crippen molar-refractivity contribution < 1.29 is 15.0 Å². The van der Waals surface area contributed by atoms with E-state index >= 15 is 0 Å². The number of carbonyl (C=O) groups excluding carboxylic acids is 1. The van der Waals surface area contributed by atoms with Crippen molar-refractivity contribution in [2.75, 3.05) is 0 Å². The first-order valence-electron chi connectivity index (χ1n) is 8.52. The van der Waals surface area contributed by atoms with Gasteiger partial charge in [-0.3, -0.25) is 4.79 Å². The van der Waals surface area contributed by atoms with Crippen LogP contribution in [0.25, 0.3) is 0 Å². The van der Waals surface area contributed by atoms with E-state index < -0.39 is 0 Å². The summed E-state index contributed by atoms with van der Waals surface area (Å²) in [6, 6.07) is 0. The Hall–Kier alpha value is -0.410. The van der Waals surface area contributed by atoms with Crippen molar-refractivity contribution in [3.63, 3.8) is 0 Å². The van der Waals surface area contributed by atoms with E-state index in [0.29, 0.717) is 12.2 Å². The third kappa shape index (κ3) is 3.82. The third-order valence-corrected chi connectivity index (χ3v) is 5.36. The van der Waals surface area contributed by atoms with Crippen molar-refractivity contribution in [1.82, 2.24) is 0 Å².